The lowest BCUT2D eigenvalue weighted by Gasteiger charge is -2.29. The van der Waals surface area contributed by atoms with Crippen LogP contribution in [-0.4, -0.2) is 29.2 Å². The summed E-state index contributed by atoms with van der Waals surface area (Å²) in [6.07, 6.45) is 1.56. The maximum Gasteiger partial charge on any atom is 0.410 e. The predicted octanol–water partition coefficient (Wildman–Crippen LogP) is 2.55. The van der Waals surface area contributed by atoms with E-state index in [2.05, 4.69) is 6.07 Å². The van der Waals surface area contributed by atoms with Gasteiger partial charge in [0, 0.05) is 6.54 Å². The van der Waals surface area contributed by atoms with Crippen LogP contribution < -0.4 is 0 Å². The third kappa shape index (κ3) is 3.13. The third-order valence-corrected chi connectivity index (χ3v) is 2.71. The Morgan fingerprint density at radius 3 is 2.69 bits per heavy atom. The standard InChI is InChI=1S/C12H20N2O2/c1-9(8-13)10-6-5-7-14(10)11(15)16-12(2,3)4/h9-10H,5-7H2,1-4H3/t9-,10+/m0/s1. The van der Waals surface area contributed by atoms with Crippen LogP contribution in [0.4, 0.5) is 4.79 Å². The molecule has 1 fully saturated rings. The Morgan fingerprint density at radius 1 is 1.56 bits per heavy atom. The molecule has 0 unspecified atom stereocenters. The van der Waals surface area contributed by atoms with Crippen molar-refractivity contribution in [3.63, 3.8) is 0 Å². The zero-order chi connectivity index (χ0) is 12.3. The van der Waals surface area contributed by atoms with Gasteiger partial charge in [0.15, 0.2) is 0 Å². The number of amides is 1. The molecule has 1 aliphatic heterocycles. The molecule has 1 heterocycles. The van der Waals surface area contributed by atoms with Crippen molar-refractivity contribution in [3.05, 3.63) is 0 Å². The van der Waals surface area contributed by atoms with Crippen LogP contribution in [-0.2, 0) is 4.74 Å². The molecule has 0 N–H and O–H groups in total. The first-order chi connectivity index (χ1) is 7.35. The summed E-state index contributed by atoms with van der Waals surface area (Å²) in [5.41, 5.74) is -0.472. The molecule has 1 rings (SSSR count). The van der Waals surface area contributed by atoms with Crippen molar-refractivity contribution >= 4 is 6.09 Å². The second kappa shape index (κ2) is 4.73. The van der Waals surface area contributed by atoms with Crippen LogP contribution in [0.2, 0.25) is 0 Å². The van der Waals surface area contributed by atoms with Crippen molar-refractivity contribution in [1.82, 2.24) is 4.90 Å². The first-order valence-corrected chi connectivity index (χ1v) is 5.74. The molecule has 0 spiro atoms. The Hall–Kier alpha value is -1.24. The Balaban J connectivity index is 2.65. The fraction of sp³-hybridized carbons (Fsp3) is 0.833. The topological polar surface area (TPSA) is 53.3 Å². The lowest BCUT2D eigenvalue weighted by molar-refractivity contribution is 0.0202. The third-order valence-electron chi connectivity index (χ3n) is 2.71. The molecule has 0 aromatic rings. The normalized spacial score (nSPS) is 22.7. The van der Waals surface area contributed by atoms with E-state index in [9.17, 15) is 4.79 Å². The Labute approximate surface area is 97.2 Å². The average molecular weight is 224 g/mol. The minimum absolute atomic E-state index is 0.0137. The summed E-state index contributed by atoms with van der Waals surface area (Å²) in [5.74, 6) is -0.130. The Bertz CT molecular complexity index is 301. The van der Waals surface area contributed by atoms with Crippen LogP contribution in [0.25, 0.3) is 0 Å². The number of ether oxygens (including phenoxy) is 1. The van der Waals surface area contributed by atoms with Crippen molar-refractivity contribution in [3.8, 4) is 6.07 Å². The fourth-order valence-corrected chi connectivity index (χ4v) is 1.95. The molecule has 0 radical (unpaired) electrons. The molecule has 0 saturated carbocycles. The number of nitriles is 1. The minimum atomic E-state index is -0.472. The van der Waals surface area contributed by atoms with E-state index in [1.54, 1.807) is 4.90 Å². The van der Waals surface area contributed by atoms with Crippen LogP contribution in [0.5, 0.6) is 0 Å². The monoisotopic (exact) mass is 224 g/mol. The van der Waals surface area contributed by atoms with Gasteiger partial charge in [-0.25, -0.2) is 4.79 Å². The minimum Gasteiger partial charge on any atom is -0.444 e. The largest absolute Gasteiger partial charge is 0.444 e. The highest BCUT2D eigenvalue weighted by Gasteiger charge is 2.35. The molecular formula is C12H20N2O2. The number of nitrogens with zero attached hydrogens (tertiary/aromatic N) is 2. The van der Waals surface area contributed by atoms with Crippen molar-refractivity contribution in [2.24, 2.45) is 5.92 Å². The quantitative estimate of drug-likeness (QED) is 0.687. The van der Waals surface area contributed by atoms with Crippen molar-refractivity contribution < 1.29 is 9.53 Å². The van der Waals surface area contributed by atoms with Gasteiger partial charge in [0.05, 0.1) is 18.0 Å². The zero-order valence-corrected chi connectivity index (χ0v) is 10.5. The summed E-state index contributed by atoms with van der Waals surface area (Å²) in [6, 6.07) is 2.22. The van der Waals surface area contributed by atoms with E-state index in [0.717, 1.165) is 12.8 Å². The van der Waals surface area contributed by atoms with Gasteiger partial charge in [0.1, 0.15) is 5.60 Å². The van der Waals surface area contributed by atoms with Crippen LogP contribution in [0, 0.1) is 17.2 Å². The van der Waals surface area contributed by atoms with Gasteiger partial charge in [-0.3, -0.25) is 0 Å². The van der Waals surface area contributed by atoms with Crippen molar-refractivity contribution in [2.75, 3.05) is 6.54 Å². The smallest absolute Gasteiger partial charge is 0.410 e. The van der Waals surface area contributed by atoms with E-state index < -0.39 is 5.60 Å². The first-order valence-electron chi connectivity index (χ1n) is 5.74. The van der Waals surface area contributed by atoms with Crippen molar-refractivity contribution in [2.45, 2.75) is 52.2 Å². The van der Waals surface area contributed by atoms with Gasteiger partial charge >= 0.3 is 6.09 Å². The number of carbonyl (C=O) groups is 1. The number of hydrogen-bond donors (Lipinski definition) is 0. The molecule has 90 valence electrons. The molecule has 0 aromatic carbocycles. The van der Waals surface area contributed by atoms with E-state index in [1.165, 1.54) is 0 Å². The molecule has 4 heteroatoms. The Kier molecular flexibility index (Phi) is 3.79. The fourth-order valence-electron chi connectivity index (χ4n) is 1.95. The average Bonchev–Trinajstić information content (AvgIpc) is 2.62. The summed E-state index contributed by atoms with van der Waals surface area (Å²) in [6.45, 7) is 8.11. The Morgan fingerprint density at radius 2 is 2.19 bits per heavy atom. The molecule has 2 atom stereocenters. The summed E-state index contributed by atoms with van der Waals surface area (Å²) in [7, 11) is 0. The van der Waals surface area contributed by atoms with Crippen LogP contribution in [0.3, 0.4) is 0 Å². The summed E-state index contributed by atoms with van der Waals surface area (Å²) in [5, 5.41) is 8.90. The maximum atomic E-state index is 11.9. The first kappa shape index (κ1) is 12.8. The molecule has 4 nitrogen and oxygen atoms in total. The molecule has 0 aliphatic carbocycles. The highest BCUT2D eigenvalue weighted by atomic mass is 16.6. The molecular weight excluding hydrogens is 204 g/mol. The van der Waals surface area contributed by atoms with Gasteiger partial charge in [-0.2, -0.15) is 5.26 Å². The van der Waals surface area contributed by atoms with Gasteiger partial charge in [-0.05, 0) is 40.5 Å². The van der Waals surface area contributed by atoms with Crippen LogP contribution >= 0.6 is 0 Å². The van der Waals surface area contributed by atoms with E-state index in [1.807, 2.05) is 27.7 Å². The van der Waals surface area contributed by atoms with E-state index in [4.69, 9.17) is 10.00 Å². The van der Waals surface area contributed by atoms with E-state index in [0.29, 0.717) is 6.54 Å². The lowest BCUT2D eigenvalue weighted by Crippen LogP contribution is -2.42. The van der Waals surface area contributed by atoms with Gasteiger partial charge in [-0.15, -0.1) is 0 Å². The van der Waals surface area contributed by atoms with Gasteiger partial charge in [0.2, 0.25) is 0 Å². The molecule has 1 saturated heterocycles. The van der Waals surface area contributed by atoms with E-state index >= 15 is 0 Å². The van der Waals surface area contributed by atoms with Gasteiger partial charge in [-0.1, -0.05) is 0 Å². The highest BCUT2D eigenvalue weighted by molar-refractivity contribution is 5.69. The van der Waals surface area contributed by atoms with Gasteiger partial charge < -0.3 is 9.64 Å². The summed E-state index contributed by atoms with van der Waals surface area (Å²) >= 11 is 0. The van der Waals surface area contributed by atoms with Crippen LogP contribution in [0.15, 0.2) is 0 Å². The van der Waals surface area contributed by atoms with E-state index in [-0.39, 0.29) is 18.1 Å². The van der Waals surface area contributed by atoms with Crippen LogP contribution in [0.1, 0.15) is 40.5 Å². The second-order valence-corrected chi connectivity index (χ2v) is 5.30. The highest BCUT2D eigenvalue weighted by Crippen LogP contribution is 2.25. The summed E-state index contributed by atoms with van der Waals surface area (Å²) in [4.78, 5) is 13.6. The van der Waals surface area contributed by atoms with Gasteiger partial charge in [0.25, 0.3) is 0 Å². The zero-order valence-electron chi connectivity index (χ0n) is 10.5. The number of carbonyl (C=O) groups excluding carboxylic acids is 1. The predicted molar refractivity (Wildman–Crippen MR) is 60.7 cm³/mol. The number of hydrogen-bond acceptors (Lipinski definition) is 3. The molecule has 0 aromatic heterocycles. The van der Waals surface area contributed by atoms with Crippen molar-refractivity contribution in [1.29, 1.82) is 5.26 Å². The molecule has 16 heavy (non-hydrogen) atoms. The lowest BCUT2D eigenvalue weighted by atomic mass is 10.0. The molecule has 0 bridgehead atoms. The number of rotatable bonds is 1. The SMILES string of the molecule is C[C@@H](C#N)[C@H]1CCCN1C(=O)OC(C)(C)C. The number of likely N-dealkylation sites (tertiary alicyclic amines) is 1. The molecule has 1 aliphatic rings. The second-order valence-electron chi connectivity index (χ2n) is 5.30. The summed E-state index contributed by atoms with van der Waals surface area (Å²) < 4.78 is 5.32. The maximum absolute atomic E-state index is 11.9. The molecule has 1 amide bonds.